The maximum Gasteiger partial charge on any atom is 0.269 e. The number of rotatable bonds is 5. The summed E-state index contributed by atoms with van der Waals surface area (Å²) in [6, 6.07) is 9.46. The third-order valence-electron chi connectivity index (χ3n) is 4.96. The van der Waals surface area contributed by atoms with Gasteiger partial charge in [0.25, 0.3) is 11.5 Å². The van der Waals surface area contributed by atoms with Crippen LogP contribution in [0.3, 0.4) is 0 Å². The minimum absolute atomic E-state index is 0.255. The molecule has 1 aromatic carbocycles. The summed E-state index contributed by atoms with van der Waals surface area (Å²) in [6.45, 7) is 4.16. The number of carbonyl (C=O) groups excluding carboxylic acids is 1. The first-order valence-electron chi connectivity index (χ1n) is 9.35. The van der Waals surface area contributed by atoms with Crippen molar-refractivity contribution < 1.29 is 4.79 Å². The van der Waals surface area contributed by atoms with E-state index in [-0.39, 0.29) is 11.5 Å². The highest BCUT2D eigenvalue weighted by Crippen LogP contribution is 2.42. The Morgan fingerprint density at radius 3 is 2.86 bits per heavy atom. The summed E-state index contributed by atoms with van der Waals surface area (Å²) in [5, 5.41) is 12.0. The van der Waals surface area contributed by atoms with Gasteiger partial charge in [-0.15, -0.1) is 11.3 Å². The molecule has 1 aliphatic carbocycles. The average molecular weight is 392 g/mol. The van der Waals surface area contributed by atoms with Gasteiger partial charge >= 0.3 is 0 Å². The number of benzene rings is 1. The highest BCUT2D eigenvalue weighted by Gasteiger charge is 2.26. The molecule has 7 heteroatoms. The quantitative estimate of drug-likeness (QED) is 0.722. The van der Waals surface area contributed by atoms with Gasteiger partial charge in [0.15, 0.2) is 4.96 Å². The van der Waals surface area contributed by atoms with Gasteiger partial charge in [0.2, 0.25) is 0 Å². The molecule has 1 amide bonds. The largest absolute Gasteiger partial charge is 0.351 e. The minimum Gasteiger partial charge on any atom is -0.351 e. The van der Waals surface area contributed by atoms with E-state index in [4.69, 9.17) is 0 Å². The fourth-order valence-electron chi connectivity index (χ4n) is 3.54. The third-order valence-corrected chi connectivity index (χ3v) is 5.91. The summed E-state index contributed by atoms with van der Waals surface area (Å²) in [5.74, 6) is 0.279. The number of amides is 1. The van der Waals surface area contributed by atoms with Crippen molar-refractivity contribution in [3.8, 4) is 6.07 Å². The van der Waals surface area contributed by atoms with Crippen LogP contribution in [-0.2, 0) is 6.42 Å². The van der Waals surface area contributed by atoms with Gasteiger partial charge in [-0.3, -0.25) is 9.59 Å². The normalized spacial score (nSPS) is 13.5. The summed E-state index contributed by atoms with van der Waals surface area (Å²) >= 11 is 1.34. The predicted octanol–water partition coefficient (Wildman–Crippen LogP) is 3.15. The van der Waals surface area contributed by atoms with Gasteiger partial charge in [-0.25, -0.2) is 9.38 Å². The second-order valence-corrected chi connectivity index (χ2v) is 8.23. The standard InChI is InChI=1S/C21H20N4O2S/c1-3-23-20(27)19-12(2)28-21-24-16(10-18(26)25(19)21)9-15-8-13(11-22)4-7-17(15)14-5-6-14/h4,7-8,10,14H,3,5-6,9H2,1-2H3,(H,23,27). The molecule has 1 aliphatic rings. The van der Waals surface area contributed by atoms with Crippen molar-refractivity contribution in [1.82, 2.24) is 14.7 Å². The van der Waals surface area contributed by atoms with E-state index in [1.165, 1.54) is 27.4 Å². The van der Waals surface area contributed by atoms with Gasteiger partial charge in [-0.2, -0.15) is 5.26 Å². The second-order valence-electron chi connectivity index (χ2n) is 7.05. The smallest absolute Gasteiger partial charge is 0.269 e. The molecule has 28 heavy (non-hydrogen) atoms. The summed E-state index contributed by atoms with van der Waals surface area (Å²) in [6.07, 6.45) is 2.82. The van der Waals surface area contributed by atoms with Crippen LogP contribution in [0.15, 0.2) is 29.1 Å². The molecule has 0 radical (unpaired) electrons. The van der Waals surface area contributed by atoms with Crippen LogP contribution in [0, 0.1) is 18.3 Å². The molecule has 0 unspecified atom stereocenters. The fraction of sp³-hybridized carbons (Fsp3) is 0.333. The molecule has 2 aromatic heterocycles. The first-order chi connectivity index (χ1) is 13.5. The molecule has 1 N–H and O–H groups in total. The van der Waals surface area contributed by atoms with E-state index in [0.717, 1.165) is 23.3 Å². The highest BCUT2D eigenvalue weighted by atomic mass is 32.1. The molecule has 1 fully saturated rings. The predicted molar refractivity (Wildman–Crippen MR) is 108 cm³/mol. The van der Waals surface area contributed by atoms with E-state index in [1.54, 1.807) is 0 Å². The molecule has 0 atom stereocenters. The number of aromatic nitrogens is 2. The maximum absolute atomic E-state index is 12.8. The monoisotopic (exact) mass is 392 g/mol. The summed E-state index contributed by atoms with van der Waals surface area (Å²) < 4.78 is 1.39. The Kier molecular flexibility index (Phi) is 4.73. The Hall–Kier alpha value is -2.98. The van der Waals surface area contributed by atoms with Crippen LogP contribution in [0.2, 0.25) is 0 Å². The molecule has 0 saturated heterocycles. The first-order valence-corrected chi connectivity index (χ1v) is 10.2. The molecular formula is C21H20N4O2S. The Balaban J connectivity index is 1.77. The molecule has 0 spiro atoms. The lowest BCUT2D eigenvalue weighted by atomic mass is 9.97. The second kappa shape index (κ2) is 7.21. The maximum atomic E-state index is 12.8. The van der Waals surface area contributed by atoms with E-state index in [2.05, 4.69) is 16.4 Å². The van der Waals surface area contributed by atoms with Crippen molar-refractivity contribution in [3.05, 3.63) is 67.6 Å². The van der Waals surface area contributed by atoms with Gasteiger partial charge < -0.3 is 5.32 Å². The summed E-state index contributed by atoms with van der Waals surface area (Å²) in [4.78, 5) is 31.1. The lowest BCUT2D eigenvalue weighted by Gasteiger charge is -2.09. The lowest BCUT2D eigenvalue weighted by molar-refractivity contribution is 0.0949. The zero-order chi connectivity index (χ0) is 19.8. The van der Waals surface area contributed by atoms with Crippen LogP contribution in [0.5, 0.6) is 0 Å². The number of aryl methyl sites for hydroxylation is 1. The van der Waals surface area contributed by atoms with Gasteiger partial charge in [-0.1, -0.05) is 6.07 Å². The zero-order valence-electron chi connectivity index (χ0n) is 15.8. The van der Waals surface area contributed by atoms with Crippen molar-refractivity contribution >= 4 is 22.2 Å². The molecule has 3 aromatic rings. The van der Waals surface area contributed by atoms with Crippen LogP contribution in [0.25, 0.3) is 4.96 Å². The third kappa shape index (κ3) is 3.32. The number of nitrogens with zero attached hydrogens (tertiary/aromatic N) is 3. The number of hydrogen-bond acceptors (Lipinski definition) is 5. The van der Waals surface area contributed by atoms with Crippen molar-refractivity contribution in [1.29, 1.82) is 5.26 Å². The van der Waals surface area contributed by atoms with Crippen LogP contribution in [0.1, 0.15) is 63.4 Å². The van der Waals surface area contributed by atoms with Crippen molar-refractivity contribution in [3.63, 3.8) is 0 Å². The van der Waals surface area contributed by atoms with Crippen LogP contribution in [0.4, 0.5) is 0 Å². The lowest BCUT2D eigenvalue weighted by Crippen LogP contribution is -2.28. The van der Waals surface area contributed by atoms with Crippen LogP contribution in [-0.4, -0.2) is 21.8 Å². The van der Waals surface area contributed by atoms with Gasteiger partial charge in [0.05, 0.1) is 17.3 Å². The van der Waals surface area contributed by atoms with E-state index >= 15 is 0 Å². The number of nitrogens with one attached hydrogen (secondary N) is 1. The average Bonchev–Trinajstić information content (AvgIpc) is 3.44. The highest BCUT2D eigenvalue weighted by molar-refractivity contribution is 7.17. The Bertz CT molecular complexity index is 1180. The van der Waals surface area contributed by atoms with E-state index in [0.29, 0.717) is 40.8 Å². The number of thiazole rings is 1. The number of nitriles is 1. The van der Waals surface area contributed by atoms with E-state index < -0.39 is 0 Å². The van der Waals surface area contributed by atoms with Crippen molar-refractivity contribution in [2.45, 2.75) is 39.0 Å². The molecule has 6 nitrogen and oxygen atoms in total. The Labute approximate surface area is 166 Å². The number of carbonyl (C=O) groups is 1. The van der Waals surface area contributed by atoms with Crippen LogP contribution >= 0.6 is 11.3 Å². The number of hydrogen-bond donors (Lipinski definition) is 1. The number of fused-ring (bicyclic) bond motifs is 1. The topological polar surface area (TPSA) is 87.3 Å². The van der Waals surface area contributed by atoms with Crippen molar-refractivity contribution in [2.24, 2.45) is 0 Å². The molecule has 2 heterocycles. The van der Waals surface area contributed by atoms with Gasteiger partial charge in [0.1, 0.15) is 5.69 Å². The zero-order valence-corrected chi connectivity index (χ0v) is 16.6. The molecule has 0 aliphatic heterocycles. The summed E-state index contributed by atoms with van der Waals surface area (Å²) in [7, 11) is 0. The molecular weight excluding hydrogens is 372 g/mol. The van der Waals surface area contributed by atoms with Crippen molar-refractivity contribution in [2.75, 3.05) is 6.54 Å². The summed E-state index contributed by atoms with van der Waals surface area (Å²) in [5.41, 5.74) is 3.67. The molecule has 1 saturated carbocycles. The van der Waals surface area contributed by atoms with E-state index in [1.807, 2.05) is 32.0 Å². The Morgan fingerprint density at radius 2 is 2.18 bits per heavy atom. The Morgan fingerprint density at radius 1 is 1.39 bits per heavy atom. The molecule has 0 bridgehead atoms. The SMILES string of the molecule is CCNC(=O)c1c(C)sc2nc(Cc3cc(C#N)ccc3C3CC3)cc(=O)n12. The van der Waals surface area contributed by atoms with Crippen LogP contribution < -0.4 is 10.9 Å². The minimum atomic E-state index is -0.263. The van der Waals surface area contributed by atoms with E-state index in [9.17, 15) is 14.9 Å². The molecule has 142 valence electrons. The van der Waals surface area contributed by atoms with Gasteiger partial charge in [0, 0.05) is 23.9 Å². The van der Waals surface area contributed by atoms with Gasteiger partial charge in [-0.05, 0) is 55.9 Å². The fourth-order valence-corrected chi connectivity index (χ4v) is 4.53. The first kappa shape index (κ1) is 18.4. The molecule has 4 rings (SSSR count).